The Morgan fingerprint density at radius 1 is 1.00 bits per heavy atom. The Bertz CT molecular complexity index is 649. The first kappa shape index (κ1) is 26.5. The van der Waals surface area contributed by atoms with Crippen molar-refractivity contribution in [1.82, 2.24) is 15.5 Å². The minimum absolute atomic E-state index is 0. The Labute approximate surface area is 190 Å². The molecule has 0 atom stereocenters. The molecule has 2 N–H and O–H groups in total. The van der Waals surface area contributed by atoms with E-state index in [0.29, 0.717) is 38.4 Å². The van der Waals surface area contributed by atoms with Crippen LogP contribution in [0.1, 0.15) is 32.1 Å². The van der Waals surface area contributed by atoms with E-state index in [0.717, 1.165) is 51.1 Å². The largest absolute Gasteiger partial charge is 0.368 e. The zero-order valence-electron chi connectivity index (χ0n) is 17.3. The lowest BCUT2D eigenvalue weighted by Gasteiger charge is -2.36. The van der Waals surface area contributed by atoms with Gasteiger partial charge in [-0.25, -0.2) is 4.39 Å². The summed E-state index contributed by atoms with van der Waals surface area (Å²) in [7, 11) is 0. The summed E-state index contributed by atoms with van der Waals surface area (Å²) in [5, 5.41) is 6.22. The summed E-state index contributed by atoms with van der Waals surface area (Å²) in [5.41, 5.74) is 0.981. The van der Waals surface area contributed by atoms with Gasteiger partial charge >= 0.3 is 0 Å². The zero-order chi connectivity index (χ0) is 19.8. The van der Waals surface area contributed by atoms with Crippen molar-refractivity contribution in [1.29, 1.82) is 0 Å². The minimum atomic E-state index is -0.240. The zero-order valence-corrected chi connectivity index (χ0v) is 18.9. The van der Waals surface area contributed by atoms with E-state index in [9.17, 15) is 14.0 Å². The third kappa shape index (κ3) is 8.28. The van der Waals surface area contributed by atoms with E-state index in [1.165, 1.54) is 12.1 Å². The van der Waals surface area contributed by atoms with E-state index in [4.69, 9.17) is 0 Å². The topological polar surface area (TPSA) is 64.7 Å². The third-order valence-corrected chi connectivity index (χ3v) is 5.72. The number of anilines is 1. The van der Waals surface area contributed by atoms with E-state index in [1.807, 2.05) is 4.90 Å². The van der Waals surface area contributed by atoms with Gasteiger partial charge in [0.1, 0.15) is 5.82 Å². The molecule has 6 nitrogen and oxygen atoms in total. The van der Waals surface area contributed by atoms with Gasteiger partial charge in [-0.15, -0.1) is 24.8 Å². The van der Waals surface area contributed by atoms with Crippen LogP contribution in [0, 0.1) is 11.7 Å². The molecular formula is C21H33Cl2FN4O2. The molecule has 0 saturated carbocycles. The first-order valence-electron chi connectivity index (χ1n) is 10.4. The first-order chi connectivity index (χ1) is 13.6. The number of hydrogen-bond donors (Lipinski definition) is 2. The average molecular weight is 463 g/mol. The van der Waals surface area contributed by atoms with Crippen LogP contribution in [-0.4, -0.2) is 62.5 Å². The Kier molecular flexibility index (Phi) is 12.1. The van der Waals surface area contributed by atoms with Crippen LogP contribution in [-0.2, 0) is 9.59 Å². The summed E-state index contributed by atoms with van der Waals surface area (Å²) in [5.74, 6) is 0.534. The SMILES string of the molecule is Cl.Cl.O=C(CCC1CCNCC1)NCCC(=O)N1CCN(c2ccc(F)cc2)CC1. The number of carbonyl (C=O) groups excluding carboxylic acids is 2. The van der Waals surface area contributed by atoms with Crippen molar-refractivity contribution in [2.24, 2.45) is 5.92 Å². The minimum Gasteiger partial charge on any atom is -0.368 e. The maximum atomic E-state index is 13.0. The van der Waals surface area contributed by atoms with E-state index >= 15 is 0 Å². The molecule has 9 heteroatoms. The number of piperidine rings is 1. The van der Waals surface area contributed by atoms with Crippen molar-refractivity contribution in [3.05, 3.63) is 30.1 Å². The van der Waals surface area contributed by atoms with Gasteiger partial charge in [0.25, 0.3) is 0 Å². The van der Waals surface area contributed by atoms with Gasteiger partial charge in [0.2, 0.25) is 11.8 Å². The lowest BCUT2D eigenvalue weighted by Crippen LogP contribution is -2.49. The van der Waals surface area contributed by atoms with Crippen molar-refractivity contribution in [2.75, 3.05) is 50.7 Å². The van der Waals surface area contributed by atoms with Gasteiger partial charge in [-0.1, -0.05) is 0 Å². The van der Waals surface area contributed by atoms with Gasteiger partial charge in [-0.05, 0) is 62.5 Å². The molecule has 2 fully saturated rings. The average Bonchev–Trinajstić information content (AvgIpc) is 2.73. The summed E-state index contributed by atoms with van der Waals surface area (Å²) >= 11 is 0. The summed E-state index contributed by atoms with van der Waals surface area (Å²) in [4.78, 5) is 28.4. The molecule has 3 rings (SSSR count). The van der Waals surface area contributed by atoms with Crippen LogP contribution in [0.5, 0.6) is 0 Å². The second-order valence-electron chi connectivity index (χ2n) is 7.68. The second-order valence-corrected chi connectivity index (χ2v) is 7.68. The van der Waals surface area contributed by atoms with Gasteiger partial charge in [0.15, 0.2) is 0 Å². The smallest absolute Gasteiger partial charge is 0.224 e. The highest BCUT2D eigenvalue weighted by Crippen LogP contribution is 2.18. The Morgan fingerprint density at radius 3 is 2.27 bits per heavy atom. The van der Waals surface area contributed by atoms with Crippen molar-refractivity contribution in [3.8, 4) is 0 Å². The summed E-state index contributed by atoms with van der Waals surface area (Å²) < 4.78 is 13.0. The van der Waals surface area contributed by atoms with Crippen molar-refractivity contribution >= 4 is 42.3 Å². The number of piperazine rings is 1. The highest BCUT2D eigenvalue weighted by molar-refractivity contribution is 5.85. The summed E-state index contributed by atoms with van der Waals surface area (Å²) in [6.45, 7) is 5.28. The number of benzene rings is 1. The predicted octanol–water partition coefficient (Wildman–Crippen LogP) is 2.60. The Morgan fingerprint density at radius 2 is 1.63 bits per heavy atom. The van der Waals surface area contributed by atoms with E-state index in [-0.39, 0.29) is 42.4 Å². The van der Waals surface area contributed by atoms with Gasteiger partial charge in [0.05, 0.1) is 0 Å². The van der Waals surface area contributed by atoms with Gasteiger partial charge in [-0.3, -0.25) is 9.59 Å². The summed E-state index contributed by atoms with van der Waals surface area (Å²) in [6, 6.07) is 6.46. The molecule has 2 aliphatic heterocycles. The van der Waals surface area contributed by atoms with E-state index < -0.39 is 0 Å². The summed E-state index contributed by atoms with van der Waals surface area (Å²) in [6.07, 6.45) is 4.13. The molecule has 30 heavy (non-hydrogen) atoms. The van der Waals surface area contributed by atoms with Crippen LogP contribution in [0.3, 0.4) is 0 Å². The number of nitrogens with zero attached hydrogens (tertiary/aromatic N) is 2. The first-order valence-corrected chi connectivity index (χ1v) is 10.4. The molecule has 0 radical (unpaired) electrons. The molecule has 0 spiro atoms. The Balaban J connectivity index is 0.00000225. The van der Waals surface area contributed by atoms with Crippen LogP contribution >= 0.6 is 24.8 Å². The molecule has 0 aliphatic carbocycles. The fraction of sp³-hybridized carbons (Fsp3) is 0.619. The fourth-order valence-electron chi connectivity index (χ4n) is 3.93. The lowest BCUT2D eigenvalue weighted by atomic mass is 9.93. The van der Waals surface area contributed by atoms with Crippen LogP contribution in [0.15, 0.2) is 24.3 Å². The van der Waals surface area contributed by atoms with E-state index in [1.54, 1.807) is 12.1 Å². The van der Waals surface area contributed by atoms with Gasteiger partial charge in [-0.2, -0.15) is 0 Å². The molecule has 2 saturated heterocycles. The number of nitrogens with one attached hydrogen (secondary N) is 2. The molecule has 0 aromatic heterocycles. The van der Waals surface area contributed by atoms with Crippen LogP contribution in [0.2, 0.25) is 0 Å². The molecular weight excluding hydrogens is 430 g/mol. The monoisotopic (exact) mass is 462 g/mol. The van der Waals surface area contributed by atoms with Crippen LogP contribution in [0.4, 0.5) is 10.1 Å². The molecule has 2 heterocycles. The second kappa shape index (κ2) is 13.7. The van der Waals surface area contributed by atoms with Crippen molar-refractivity contribution in [3.63, 3.8) is 0 Å². The molecule has 0 bridgehead atoms. The molecule has 1 aromatic rings. The number of carbonyl (C=O) groups is 2. The van der Waals surface area contributed by atoms with Crippen LogP contribution < -0.4 is 15.5 Å². The van der Waals surface area contributed by atoms with Gasteiger partial charge < -0.3 is 20.4 Å². The maximum absolute atomic E-state index is 13.0. The molecule has 0 unspecified atom stereocenters. The highest BCUT2D eigenvalue weighted by Gasteiger charge is 2.21. The number of rotatable bonds is 7. The fourth-order valence-corrected chi connectivity index (χ4v) is 3.93. The number of hydrogen-bond acceptors (Lipinski definition) is 4. The molecule has 170 valence electrons. The van der Waals surface area contributed by atoms with Crippen LogP contribution in [0.25, 0.3) is 0 Å². The van der Waals surface area contributed by atoms with Crippen molar-refractivity contribution in [2.45, 2.75) is 32.1 Å². The predicted molar refractivity (Wildman–Crippen MR) is 122 cm³/mol. The number of amides is 2. The number of halogens is 3. The molecule has 1 aromatic carbocycles. The highest BCUT2D eigenvalue weighted by atomic mass is 35.5. The quantitative estimate of drug-likeness (QED) is 0.653. The normalized spacial score (nSPS) is 17.0. The Hall–Kier alpha value is -1.57. The van der Waals surface area contributed by atoms with E-state index in [2.05, 4.69) is 15.5 Å². The standard InChI is InChI=1S/C21H31FN4O2.2ClH/c22-18-2-4-19(5-3-18)25-13-15-26(16-14-25)21(28)9-12-24-20(27)6-1-17-7-10-23-11-8-17;;/h2-5,17,23H,1,6-16H2,(H,24,27);2*1H. The van der Waals surface area contributed by atoms with Crippen molar-refractivity contribution < 1.29 is 14.0 Å². The maximum Gasteiger partial charge on any atom is 0.224 e. The van der Waals surface area contributed by atoms with Gasteiger partial charge in [0, 0.05) is 51.3 Å². The molecule has 2 amide bonds. The lowest BCUT2D eigenvalue weighted by molar-refractivity contribution is -0.131. The third-order valence-electron chi connectivity index (χ3n) is 5.72. The molecule has 2 aliphatic rings.